The summed E-state index contributed by atoms with van der Waals surface area (Å²) < 4.78 is 0. The van der Waals surface area contributed by atoms with Crippen molar-refractivity contribution in [1.82, 2.24) is 9.97 Å². The molecule has 6 heteroatoms. The molecular formula is C10H10N2O3S. The summed E-state index contributed by atoms with van der Waals surface area (Å²) in [5, 5.41) is 10.5. The van der Waals surface area contributed by atoms with Gasteiger partial charge in [-0.3, -0.25) is 4.79 Å². The first kappa shape index (κ1) is 10.8. The van der Waals surface area contributed by atoms with Gasteiger partial charge in [0.2, 0.25) is 0 Å². The summed E-state index contributed by atoms with van der Waals surface area (Å²) in [6.45, 7) is 3.83. The molecule has 0 radical (unpaired) electrons. The van der Waals surface area contributed by atoms with Crippen LogP contribution in [-0.2, 0) is 0 Å². The number of carboxylic acid groups (broad SMARTS) is 1. The Balaban J connectivity index is 2.79. The number of aromatic carboxylic acids is 1. The van der Waals surface area contributed by atoms with E-state index >= 15 is 0 Å². The number of fused-ring (bicyclic) bond motifs is 1. The van der Waals surface area contributed by atoms with Crippen molar-refractivity contribution in [1.29, 1.82) is 0 Å². The molecule has 16 heavy (non-hydrogen) atoms. The Hall–Kier alpha value is -1.69. The highest BCUT2D eigenvalue weighted by atomic mass is 32.1. The molecule has 84 valence electrons. The summed E-state index contributed by atoms with van der Waals surface area (Å²) in [6.07, 6.45) is 0. The minimum atomic E-state index is -1.10. The van der Waals surface area contributed by atoms with Gasteiger partial charge in [0, 0.05) is 11.3 Å². The van der Waals surface area contributed by atoms with Crippen LogP contribution in [0.25, 0.3) is 10.2 Å². The second-order valence-corrected chi connectivity index (χ2v) is 4.60. The van der Waals surface area contributed by atoms with E-state index in [-0.39, 0.29) is 22.4 Å². The molecule has 0 amide bonds. The molecule has 2 aromatic heterocycles. The molecule has 2 N–H and O–H groups in total. The third kappa shape index (κ3) is 1.61. The number of nitrogens with one attached hydrogen (secondary N) is 1. The van der Waals surface area contributed by atoms with Crippen LogP contribution < -0.4 is 5.56 Å². The quantitative estimate of drug-likeness (QED) is 0.835. The SMILES string of the molecule is CC(C)c1nc2scc(C(=O)O)c2c(=O)[nH]1. The Morgan fingerprint density at radius 2 is 2.25 bits per heavy atom. The van der Waals surface area contributed by atoms with Crippen molar-refractivity contribution in [3.8, 4) is 0 Å². The lowest BCUT2D eigenvalue weighted by molar-refractivity contribution is 0.0699. The lowest BCUT2D eigenvalue weighted by atomic mass is 10.2. The van der Waals surface area contributed by atoms with E-state index in [2.05, 4.69) is 9.97 Å². The first-order valence-electron chi connectivity index (χ1n) is 4.75. The normalized spacial score (nSPS) is 11.2. The van der Waals surface area contributed by atoms with E-state index in [4.69, 9.17) is 5.11 Å². The van der Waals surface area contributed by atoms with Gasteiger partial charge in [-0.15, -0.1) is 11.3 Å². The van der Waals surface area contributed by atoms with Gasteiger partial charge in [0.15, 0.2) is 0 Å². The summed E-state index contributed by atoms with van der Waals surface area (Å²) >= 11 is 1.18. The van der Waals surface area contributed by atoms with Gasteiger partial charge < -0.3 is 10.1 Å². The smallest absolute Gasteiger partial charge is 0.337 e. The Kier molecular flexibility index (Phi) is 2.51. The summed E-state index contributed by atoms with van der Waals surface area (Å²) in [6, 6.07) is 0. The highest BCUT2D eigenvalue weighted by Crippen LogP contribution is 2.22. The van der Waals surface area contributed by atoms with E-state index in [9.17, 15) is 9.59 Å². The Labute approximate surface area is 94.8 Å². The van der Waals surface area contributed by atoms with Gasteiger partial charge in [-0.2, -0.15) is 0 Å². The zero-order chi connectivity index (χ0) is 11.9. The topological polar surface area (TPSA) is 83.0 Å². The van der Waals surface area contributed by atoms with Crippen LogP contribution in [0.1, 0.15) is 35.9 Å². The molecule has 0 spiro atoms. The van der Waals surface area contributed by atoms with Crippen LogP contribution in [0, 0.1) is 0 Å². The zero-order valence-electron chi connectivity index (χ0n) is 8.77. The maximum absolute atomic E-state index is 11.7. The lowest BCUT2D eigenvalue weighted by Gasteiger charge is -2.03. The fourth-order valence-electron chi connectivity index (χ4n) is 1.40. The monoisotopic (exact) mass is 238 g/mol. The molecule has 0 bridgehead atoms. The average Bonchev–Trinajstić information content (AvgIpc) is 2.61. The zero-order valence-corrected chi connectivity index (χ0v) is 9.59. The fraction of sp³-hybridized carbons (Fsp3) is 0.300. The highest BCUT2D eigenvalue weighted by molar-refractivity contribution is 7.17. The third-order valence-electron chi connectivity index (χ3n) is 2.24. The summed E-state index contributed by atoms with van der Waals surface area (Å²) in [5.74, 6) is -0.417. The van der Waals surface area contributed by atoms with Crippen molar-refractivity contribution in [2.75, 3.05) is 0 Å². The highest BCUT2D eigenvalue weighted by Gasteiger charge is 2.16. The van der Waals surface area contributed by atoms with Crippen molar-refractivity contribution >= 4 is 27.5 Å². The number of hydrogen-bond acceptors (Lipinski definition) is 4. The number of aromatic nitrogens is 2. The number of hydrogen-bond donors (Lipinski definition) is 2. The molecule has 5 nitrogen and oxygen atoms in total. The maximum atomic E-state index is 11.7. The van der Waals surface area contributed by atoms with Gasteiger partial charge >= 0.3 is 5.97 Å². The minimum absolute atomic E-state index is 0.0176. The molecule has 0 saturated heterocycles. The number of carboxylic acids is 1. The van der Waals surface area contributed by atoms with Crippen LogP contribution in [0.2, 0.25) is 0 Å². The first-order chi connectivity index (χ1) is 7.50. The molecule has 0 saturated carbocycles. The van der Waals surface area contributed by atoms with E-state index in [0.717, 1.165) is 0 Å². The van der Waals surface area contributed by atoms with Gasteiger partial charge in [-0.25, -0.2) is 9.78 Å². The Morgan fingerprint density at radius 1 is 1.56 bits per heavy atom. The van der Waals surface area contributed by atoms with E-state index in [1.807, 2.05) is 13.8 Å². The maximum Gasteiger partial charge on any atom is 0.337 e. The summed E-state index contributed by atoms with van der Waals surface area (Å²) in [4.78, 5) is 29.9. The van der Waals surface area contributed by atoms with Crippen LogP contribution in [0.3, 0.4) is 0 Å². The Morgan fingerprint density at radius 3 is 2.81 bits per heavy atom. The van der Waals surface area contributed by atoms with Crippen LogP contribution in [0.15, 0.2) is 10.2 Å². The lowest BCUT2D eigenvalue weighted by Crippen LogP contribution is -2.14. The van der Waals surface area contributed by atoms with Crippen LogP contribution in [-0.4, -0.2) is 21.0 Å². The van der Waals surface area contributed by atoms with E-state index < -0.39 is 5.97 Å². The number of nitrogens with zero attached hydrogens (tertiary/aromatic N) is 1. The van der Waals surface area contributed by atoms with Crippen LogP contribution in [0.5, 0.6) is 0 Å². The predicted molar refractivity (Wildman–Crippen MR) is 61.3 cm³/mol. The van der Waals surface area contributed by atoms with Crippen molar-refractivity contribution in [3.63, 3.8) is 0 Å². The average molecular weight is 238 g/mol. The molecule has 0 aliphatic heterocycles. The molecule has 2 aromatic rings. The van der Waals surface area contributed by atoms with Crippen LogP contribution >= 0.6 is 11.3 Å². The van der Waals surface area contributed by atoms with Gasteiger partial charge in [0.05, 0.1) is 10.9 Å². The fourth-order valence-corrected chi connectivity index (χ4v) is 2.32. The largest absolute Gasteiger partial charge is 0.478 e. The van der Waals surface area contributed by atoms with Gasteiger partial charge in [0.25, 0.3) is 5.56 Å². The third-order valence-corrected chi connectivity index (χ3v) is 3.11. The molecule has 2 rings (SSSR count). The second kappa shape index (κ2) is 3.71. The summed E-state index contributed by atoms with van der Waals surface area (Å²) in [5.41, 5.74) is -0.364. The van der Waals surface area contributed by atoms with Gasteiger partial charge in [-0.1, -0.05) is 13.8 Å². The predicted octanol–water partition coefficient (Wildman–Crippen LogP) is 1.81. The number of H-pyrrole nitrogens is 1. The van der Waals surface area contributed by atoms with Crippen molar-refractivity contribution in [2.45, 2.75) is 19.8 Å². The van der Waals surface area contributed by atoms with Gasteiger partial charge in [-0.05, 0) is 0 Å². The molecule has 0 aliphatic carbocycles. The minimum Gasteiger partial charge on any atom is -0.478 e. The summed E-state index contributed by atoms with van der Waals surface area (Å²) in [7, 11) is 0. The number of aromatic amines is 1. The molecular weight excluding hydrogens is 228 g/mol. The van der Waals surface area contributed by atoms with E-state index in [1.54, 1.807) is 0 Å². The Bertz CT molecular complexity index is 612. The number of rotatable bonds is 2. The van der Waals surface area contributed by atoms with Crippen molar-refractivity contribution in [2.24, 2.45) is 0 Å². The van der Waals surface area contributed by atoms with E-state index in [0.29, 0.717) is 10.7 Å². The molecule has 0 aliphatic rings. The van der Waals surface area contributed by atoms with Gasteiger partial charge in [0.1, 0.15) is 10.7 Å². The molecule has 0 fully saturated rings. The second-order valence-electron chi connectivity index (χ2n) is 3.74. The number of carbonyl (C=O) groups is 1. The molecule has 0 atom stereocenters. The molecule has 0 unspecified atom stereocenters. The van der Waals surface area contributed by atoms with Crippen molar-refractivity contribution in [3.05, 3.63) is 27.1 Å². The van der Waals surface area contributed by atoms with Crippen LogP contribution in [0.4, 0.5) is 0 Å². The molecule has 2 heterocycles. The standard InChI is InChI=1S/C10H10N2O3S/c1-4(2)7-11-8(13)6-5(10(14)15)3-16-9(6)12-7/h3-4H,1-2H3,(H,14,15)(H,11,12,13). The van der Waals surface area contributed by atoms with Crippen molar-refractivity contribution < 1.29 is 9.90 Å². The molecule has 0 aromatic carbocycles. The van der Waals surface area contributed by atoms with E-state index in [1.165, 1.54) is 16.7 Å². The first-order valence-corrected chi connectivity index (χ1v) is 5.63. The number of thiophene rings is 1.